The number of hydrogen-bond acceptors (Lipinski definition) is 4. The topological polar surface area (TPSA) is 44.5 Å². The Kier molecular flexibility index (Phi) is 8.54. The summed E-state index contributed by atoms with van der Waals surface area (Å²) >= 11 is 1.94. The Balaban J connectivity index is 2.71. The molecule has 0 fully saturated rings. The van der Waals surface area contributed by atoms with Crippen LogP contribution in [0.1, 0.15) is 32.8 Å². The van der Waals surface area contributed by atoms with Gasteiger partial charge in [0.2, 0.25) is 0 Å². The minimum Gasteiger partial charge on any atom is -0.490 e. The molecule has 0 aromatic heterocycles. The third kappa shape index (κ3) is 6.06. The predicted octanol–water partition coefficient (Wildman–Crippen LogP) is 3.50. The van der Waals surface area contributed by atoms with Crippen LogP contribution in [0.4, 0.5) is 0 Å². The second-order valence-corrected chi connectivity index (χ2v) is 6.15. The van der Waals surface area contributed by atoms with Crippen LogP contribution in [-0.2, 0) is 6.42 Å². The first-order chi connectivity index (χ1) is 9.69. The summed E-state index contributed by atoms with van der Waals surface area (Å²) in [6.07, 6.45) is 1.86. The molecule has 0 aliphatic rings. The number of hydrogen-bond donors (Lipinski definition) is 1. The Labute approximate surface area is 127 Å². The first-order valence-corrected chi connectivity index (χ1v) is 8.55. The molecule has 0 aliphatic heterocycles. The monoisotopic (exact) mass is 297 g/mol. The number of thioether (sulfide) groups is 1. The fourth-order valence-electron chi connectivity index (χ4n) is 1.98. The van der Waals surface area contributed by atoms with Gasteiger partial charge in [0.1, 0.15) is 0 Å². The van der Waals surface area contributed by atoms with E-state index in [0.29, 0.717) is 6.61 Å². The van der Waals surface area contributed by atoms with E-state index in [0.717, 1.165) is 48.0 Å². The molecular formula is C16H27NO2S. The van der Waals surface area contributed by atoms with Crippen LogP contribution < -0.4 is 15.2 Å². The third-order valence-electron chi connectivity index (χ3n) is 2.79. The van der Waals surface area contributed by atoms with Gasteiger partial charge in [0.05, 0.1) is 13.2 Å². The molecule has 1 atom stereocenters. The van der Waals surface area contributed by atoms with Crippen LogP contribution in [-0.4, -0.2) is 30.8 Å². The summed E-state index contributed by atoms with van der Waals surface area (Å²) < 4.78 is 11.6. The van der Waals surface area contributed by atoms with Crippen molar-refractivity contribution in [2.24, 2.45) is 5.73 Å². The second kappa shape index (κ2) is 9.94. The standard InChI is InChI=1S/C16H27NO2S/c1-4-18-15-9-6-8-14(12-13(3)17)16(15)19-10-7-11-20-5-2/h6,8-9,13H,4-5,7,10-12,17H2,1-3H3. The van der Waals surface area contributed by atoms with Crippen molar-refractivity contribution in [3.63, 3.8) is 0 Å². The molecule has 0 bridgehead atoms. The molecule has 0 radical (unpaired) electrons. The molecule has 1 aromatic rings. The molecule has 4 heteroatoms. The van der Waals surface area contributed by atoms with Crippen LogP contribution in [0, 0.1) is 0 Å². The molecule has 1 aromatic carbocycles. The first kappa shape index (κ1) is 17.2. The Morgan fingerprint density at radius 1 is 1.25 bits per heavy atom. The third-order valence-corrected chi connectivity index (χ3v) is 3.77. The van der Waals surface area contributed by atoms with Crippen molar-refractivity contribution in [1.29, 1.82) is 0 Å². The molecule has 114 valence electrons. The van der Waals surface area contributed by atoms with Crippen LogP contribution >= 0.6 is 11.8 Å². The molecule has 1 rings (SSSR count). The Morgan fingerprint density at radius 2 is 2.05 bits per heavy atom. The van der Waals surface area contributed by atoms with Gasteiger partial charge in [-0.1, -0.05) is 19.1 Å². The lowest BCUT2D eigenvalue weighted by Crippen LogP contribution is -2.18. The fourth-order valence-corrected chi connectivity index (χ4v) is 2.59. The minimum atomic E-state index is 0.116. The molecule has 0 heterocycles. The van der Waals surface area contributed by atoms with E-state index in [9.17, 15) is 0 Å². The van der Waals surface area contributed by atoms with Gasteiger partial charge in [-0.3, -0.25) is 0 Å². The van der Waals surface area contributed by atoms with E-state index >= 15 is 0 Å². The van der Waals surface area contributed by atoms with Gasteiger partial charge in [0, 0.05) is 6.04 Å². The lowest BCUT2D eigenvalue weighted by Gasteiger charge is -2.17. The van der Waals surface area contributed by atoms with E-state index in [1.165, 1.54) is 0 Å². The summed E-state index contributed by atoms with van der Waals surface area (Å²) in [5.41, 5.74) is 7.05. The largest absolute Gasteiger partial charge is 0.490 e. The SMILES string of the molecule is CCOc1cccc(CC(C)N)c1OCCCSCC. The van der Waals surface area contributed by atoms with Crippen LogP contribution in [0.2, 0.25) is 0 Å². The molecule has 0 spiro atoms. The first-order valence-electron chi connectivity index (χ1n) is 7.39. The molecule has 1 unspecified atom stereocenters. The Morgan fingerprint density at radius 3 is 2.70 bits per heavy atom. The lowest BCUT2D eigenvalue weighted by molar-refractivity contribution is 0.274. The quantitative estimate of drug-likeness (QED) is 0.671. The van der Waals surface area contributed by atoms with Gasteiger partial charge in [0.15, 0.2) is 11.5 Å². The Bertz CT molecular complexity index is 383. The number of para-hydroxylation sites is 1. The molecule has 0 amide bonds. The van der Waals surface area contributed by atoms with Gasteiger partial charge in [-0.2, -0.15) is 11.8 Å². The maximum atomic E-state index is 5.97. The summed E-state index contributed by atoms with van der Waals surface area (Å²) in [4.78, 5) is 0. The Hall–Kier alpha value is -0.870. The smallest absolute Gasteiger partial charge is 0.164 e. The number of nitrogens with two attached hydrogens (primary N) is 1. The highest BCUT2D eigenvalue weighted by Crippen LogP contribution is 2.32. The average molecular weight is 297 g/mol. The summed E-state index contributed by atoms with van der Waals surface area (Å²) in [7, 11) is 0. The van der Waals surface area contributed by atoms with E-state index in [-0.39, 0.29) is 6.04 Å². The van der Waals surface area contributed by atoms with Gasteiger partial charge in [-0.25, -0.2) is 0 Å². The van der Waals surface area contributed by atoms with Crippen LogP contribution in [0.3, 0.4) is 0 Å². The maximum absolute atomic E-state index is 5.97. The summed E-state index contributed by atoms with van der Waals surface area (Å²) in [6, 6.07) is 6.15. The summed E-state index contributed by atoms with van der Waals surface area (Å²) in [5, 5.41) is 0. The van der Waals surface area contributed by atoms with Gasteiger partial charge in [-0.05, 0) is 49.8 Å². The van der Waals surface area contributed by atoms with Crippen molar-refractivity contribution in [2.75, 3.05) is 24.7 Å². The van der Waals surface area contributed by atoms with Crippen molar-refractivity contribution >= 4 is 11.8 Å². The van der Waals surface area contributed by atoms with E-state index in [4.69, 9.17) is 15.2 Å². The van der Waals surface area contributed by atoms with Crippen molar-refractivity contribution in [1.82, 2.24) is 0 Å². The molecule has 3 nitrogen and oxygen atoms in total. The van der Waals surface area contributed by atoms with Gasteiger partial charge in [0.25, 0.3) is 0 Å². The molecule has 0 saturated heterocycles. The summed E-state index contributed by atoms with van der Waals surface area (Å²) in [6.45, 7) is 7.54. The second-order valence-electron chi connectivity index (χ2n) is 4.76. The highest BCUT2D eigenvalue weighted by molar-refractivity contribution is 7.99. The minimum absolute atomic E-state index is 0.116. The molecule has 0 saturated carbocycles. The highest BCUT2D eigenvalue weighted by Gasteiger charge is 2.12. The fraction of sp³-hybridized carbons (Fsp3) is 0.625. The van der Waals surface area contributed by atoms with Gasteiger partial charge < -0.3 is 15.2 Å². The number of rotatable bonds is 10. The number of benzene rings is 1. The molecule has 2 N–H and O–H groups in total. The van der Waals surface area contributed by atoms with Crippen LogP contribution in [0.25, 0.3) is 0 Å². The van der Waals surface area contributed by atoms with E-state index < -0.39 is 0 Å². The van der Waals surface area contributed by atoms with Crippen LogP contribution in [0.15, 0.2) is 18.2 Å². The van der Waals surface area contributed by atoms with Gasteiger partial charge in [-0.15, -0.1) is 0 Å². The maximum Gasteiger partial charge on any atom is 0.164 e. The van der Waals surface area contributed by atoms with Crippen molar-refractivity contribution in [3.8, 4) is 11.5 Å². The van der Waals surface area contributed by atoms with E-state index in [1.807, 2.05) is 37.7 Å². The van der Waals surface area contributed by atoms with E-state index in [1.54, 1.807) is 0 Å². The molecule has 20 heavy (non-hydrogen) atoms. The zero-order valence-electron chi connectivity index (χ0n) is 12.9. The van der Waals surface area contributed by atoms with Crippen molar-refractivity contribution < 1.29 is 9.47 Å². The predicted molar refractivity (Wildman–Crippen MR) is 88.1 cm³/mol. The molecule has 0 aliphatic carbocycles. The molecular weight excluding hydrogens is 270 g/mol. The van der Waals surface area contributed by atoms with Crippen molar-refractivity contribution in [2.45, 2.75) is 39.7 Å². The van der Waals surface area contributed by atoms with Gasteiger partial charge >= 0.3 is 0 Å². The normalized spacial score (nSPS) is 12.2. The average Bonchev–Trinajstić information content (AvgIpc) is 2.40. The van der Waals surface area contributed by atoms with E-state index in [2.05, 4.69) is 13.0 Å². The zero-order valence-corrected chi connectivity index (χ0v) is 13.7. The van der Waals surface area contributed by atoms with Crippen LogP contribution in [0.5, 0.6) is 11.5 Å². The highest BCUT2D eigenvalue weighted by atomic mass is 32.2. The van der Waals surface area contributed by atoms with Crippen molar-refractivity contribution in [3.05, 3.63) is 23.8 Å². The number of ether oxygens (including phenoxy) is 2. The summed E-state index contributed by atoms with van der Waals surface area (Å²) in [5.74, 6) is 3.99. The zero-order chi connectivity index (χ0) is 14.8. The lowest BCUT2D eigenvalue weighted by atomic mass is 10.1.